The number of rotatable bonds is 5. The molecule has 2 aromatic carbocycles. The number of anilines is 1. The summed E-state index contributed by atoms with van der Waals surface area (Å²) in [5.41, 5.74) is 0.805. The smallest absolute Gasteiger partial charge is 0.290 e. The van der Waals surface area contributed by atoms with E-state index in [1.54, 1.807) is 6.07 Å². The molecule has 0 fully saturated rings. The van der Waals surface area contributed by atoms with E-state index in [-0.39, 0.29) is 28.3 Å². The third-order valence-corrected chi connectivity index (χ3v) is 4.82. The fraction of sp³-hybridized carbons (Fsp3) is 0.0500. The van der Waals surface area contributed by atoms with Gasteiger partial charge in [0, 0.05) is 23.6 Å². The van der Waals surface area contributed by atoms with Crippen LogP contribution in [0.4, 0.5) is 23.2 Å². The highest BCUT2D eigenvalue weighted by Gasteiger charge is 2.37. The highest BCUT2D eigenvalue weighted by Crippen LogP contribution is 2.38. The normalized spacial score (nSPS) is 11.7. The second kappa shape index (κ2) is 8.38. The molecule has 4 rings (SSSR count). The second-order valence-electron chi connectivity index (χ2n) is 6.52. The quantitative estimate of drug-likeness (QED) is 0.344. The van der Waals surface area contributed by atoms with E-state index in [0.29, 0.717) is 5.56 Å². The molecule has 0 aliphatic heterocycles. The SMILES string of the molecule is O=[SH](=O)Nc1cccc(-c2c(-c3ccc(F)cc3)nc(C(F)(F)F)nc2-n2ccnc2)c1. The lowest BCUT2D eigenvalue weighted by Gasteiger charge is -2.18. The maximum atomic E-state index is 13.6. The summed E-state index contributed by atoms with van der Waals surface area (Å²) >= 11 is 0. The molecule has 0 atom stereocenters. The van der Waals surface area contributed by atoms with Gasteiger partial charge in [-0.1, -0.05) is 12.1 Å². The third kappa shape index (κ3) is 4.44. The minimum Gasteiger partial charge on any atom is -0.290 e. The number of imidazole rings is 1. The molecule has 4 aromatic rings. The maximum absolute atomic E-state index is 13.6. The van der Waals surface area contributed by atoms with Crippen LogP contribution in [0.25, 0.3) is 28.2 Å². The van der Waals surface area contributed by atoms with Crippen molar-refractivity contribution >= 4 is 16.6 Å². The largest absolute Gasteiger partial charge is 0.451 e. The summed E-state index contributed by atoms with van der Waals surface area (Å²) in [5.74, 6) is -2.09. The van der Waals surface area contributed by atoms with Crippen molar-refractivity contribution in [2.24, 2.45) is 0 Å². The fourth-order valence-corrected chi connectivity index (χ4v) is 3.43. The molecule has 2 aromatic heterocycles. The minimum absolute atomic E-state index is 0.111. The van der Waals surface area contributed by atoms with Crippen LogP contribution in [0.2, 0.25) is 0 Å². The molecule has 0 spiro atoms. The second-order valence-corrected chi connectivity index (χ2v) is 7.26. The summed E-state index contributed by atoms with van der Waals surface area (Å²) in [4.78, 5) is 11.4. The molecule has 32 heavy (non-hydrogen) atoms. The van der Waals surface area contributed by atoms with E-state index in [4.69, 9.17) is 0 Å². The number of benzene rings is 2. The van der Waals surface area contributed by atoms with Crippen LogP contribution in [0, 0.1) is 5.82 Å². The summed E-state index contributed by atoms with van der Waals surface area (Å²) in [6.07, 6.45) is -0.794. The molecule has 0 saturated carbocycles. The average molecular weight is 463 g/mol. The Labute approximate surface area is 180 Å². The molecule has 7 nitrogen and oxygen atoms in total. The van der Waals surface area contributed by atoms with Gasteiger partial charge in [0.15, 0.2) is 5.82 Å². The van der Waals surface area contributed by atoms with Gasteiger partial charge in [-0.3, -0.25) is 9.29 Å². The minimum atomic E-state index is -4.85. The Morgan fingerprint density at radius 3 is 2.34 bits per heavy atom. The fourth-order valence-electron chi connectivity index (χ4n) is 3.08. The van der Waals surface area contributed by atoms with Crippen LogP contribution in [0.15, 0.2) is 67.3 Å². The van der Waals surface area contributed by atoms with Gasteiger partial charge in [0.1, 0.15) is 12.1 Å². The lowest BCUT2D eigenvalue weighted by molar-refractivity contribution is -0.144. The highest BCUT2D eigenvalue weighted by atomic mass is 32.2. The molecule has 12 heteroatoms. The Hall–Kier alpha value is -3.80. The van der Waals surface area contributed by atoms with Crippen molar-refractivity contribution in [2.75, 3.05) is 4.72 Å². The zero-order chi connectivity index (χ0) is 22.9. The predicted molar refractivity (Wildman–Crippen MR) is 109 cm³/mol. The predicted octanol–water partition coefficient (Wildman–Crippen LogP) is 4.09. The number of halogens is 4. The van der Waals surface area contributed by atoms with Gasteiger partial charge in [0.2, 0.25) is 16.7 Å². The van der Waals surface area contributed by atoms with Crippen LogP contribution in [0.3, 0.4) is 0 Å². The van der Waals surface area contributed by atoms with E-state index in [1.165, 1.54) is 53.6 Å². The van der Waals surface area contributed by atoms with E-state index in [9.17, 15) is 26.0 Å². The van der Waals surface area contributed by atoms with E-state index in [0.717, 1.165) is 12.1 Å². The number of hydrogen-bond donors (Lipinski definition) is 2. The Bertz CT molecular complexity index is 1330. The standard InChI is InChI=1S/C20H13F4N5O2S/c21-14-6-4-12(5-7-14)17-16(13-2-1-3-15(10-13)28-32(30)31)18(29-9-8-25-11-29)27-19(26-17)20(22,23)24/h1-11,32H,(H,28,30,31). The molecule has 0 unspecified atom stereocenters. The van der Waals surface area contributed by atoms with Gasteiger partial charge in [0.25, 0.3) is 0 Å². The Balaban J connectivity index is 2.07. The van der Waals surface area contributed by atoms with Gasteiger partial charge in [0.05, 0.1) is 11.3 Å². The summed E-state index contributed by atoms with van der Waals surface area (Å²) in [6, 6.07) is 10.8. The molecule has 2 heterocycles. The first-order chi connectivity index (χ1) is 15.2. The van der Waals surface area contributed by atoms with Gasteiger partial charge in [-0.15, -0.1) is 0 Å². The van der Waals surface area contributed by atoms with Crippen molar-refractivity contribution in [3.8, 4) is 28.2 Å². The van der Waals surface area contributed by atoms with Crippen molar-refractivity contribution in [1.82, 2.24) is 19.5 Å². The van der Waals surface area contributed by atoms with Gasteiger partial charge in [-0.25, -0.2) is 27.8 Å². The van der Waals surface area contributed by atoms with Crippen LogP contribution >= 0.6 is 0 Å². The number of hydrogen-bond acceptors (Lipinski definition) is 5. The van der Waals surface area contributed by atoms with Gasteiger partial charge < -0.3 is 0 Å². The van der Waals surface area contributed by atoms with Crippen molar-refractivity contribution in [3.63, 3.8) is 0 Å². The monoisotopic (exact) mass is 463 g/mol. The van der Waals surface area contributed by atoms with Crippen LogP contribution in [0.5, 0.6) is 0 Å². The Kier molecular flexibility index (Phi) is 5.61. The number of nitrogens with one attached hydrogen (secondary N) is 1. The summed E-state index contributed by atoms with van der Waals surface area (Å²) in [5, 5.41) is 0. The van der Waals surface area contributed by atoms with Gasteiger partial charge >= 0.3 is 6.18 Å². The summed E-state index contributed by atoms with van der Waals surface area (Å²) in [7, 11) is -2.96. The molecule has 0 bridgehead atoms. The zero-order valence-electron chi connectivity index (χ0n) is 15.9. The molecule has 0 aliphatic rings. The number of nitrogens with zero attached hydrogens (tertiary/aromatic N) is 4. The van der Waals surface area contributed by atoms with Crippen LogP contribution in [-0.2, 0) is 17.1 Å². The first-order valence-electron chi connectivity index (χ1n) is 8.97. The van der Waals surface area contributed by atoms with Crippen molar-refractivity contribution in [3.05, 3.63) is 78.9 Å². The first-order valence-corrected chi connectivity index (χ1v) is 10.1. The highest BCUT2D eigenvalue weighted by molar-refractivity contribution is 7.73. The number of thiol groups is 1. The molecular formula is C20H13F4N5O2S. The Morgan fingerprint density at radius 2 is 1.72 bits per heavy atom. The molecule has 0 amide bonds. The molecule has 0 radical (unpaired) electrons. The number of alkyl halides is 3. The zero-order valence-corrected chi connectivity index (χ0v) is 16.8. The Morgan fingerprint density at radius 1 is 0.969 bits per heavy atom. The summed E-state index contributed by atoms with van der Waals surface area (Å²) < 4.78 is 80.0. The van der Waals surface area contributed by atoms with Gasteiger partial charge in [-0.05, 0) is 42.0 Å². The van der Waals surface area contributed by atoms with Crippen LogP contribution < -0.4 is 4.72 Å². The molecular weight excluding hydrogens is 450 g/mol. The summed E-state index contributed by atoms with van der Waals surface area (Å²) in [6.45, 7) is 0. The first kappa shape index (κ1) is 21.4. The molecule has 1 N–H and O–H groups in total. The topological polar surface area (TPSA) is 89.8 Å². The van der Waals surface area contributed by atoms with E-state index in [1.807, 2.05) is 0 Å². The molecule has 164 valence electrons. The number of aromatic nitrogens is 4. The van der Waals surface area contributed by atoms with Crippen LogP contribution in [0.1, 0.15) is 5.82 Å². The third-order valence-electron chi connectivity index (χ3n) is 4.38. The van der Waals surface area contributed by atoms with E-state index in [2.05, 4.69) is 19.7 Å². The average Bonchev–Trinajstić information content (AvgIpc) is 3.27. The van der Waals surface area contributed by atoms with Crippen molar-refractivity contribution < 1.29 is 26.0 Å². The van der Waals surface area contributed by atoms with Crippen molar-refractivity contribution in [1.29, 1.82) is 0 Å². The molecule has 0 aliphatic carbocycles. The molecule has 0 saturated heterocycles. The maximum Gasteiger partial charge on any atom is 0.451 e. The van der Waals surface area contributed by atoms with Crippen molar-refractivity contribution in [2.45, 2.75) is 6.18 Å². The lowest BCUT2D eigenvalue weighted by Crippen LogP contribution is -2.15. The van der Waals surface area contributed by atoms with E-state index >= 15 is 0 Å². The van der Waals surface area contributed by atoms with Gasteiger partial charge in [-0.2, -0.15) is 13.2 Å². The van der Waals surface area contributed by atoms with E-state index < -0.39 is 28.7 Å². The van der Waals surface area contributed by atoms with Crippen LogP contribution in [-0.4, -0.2) is 27.9 Å². The lowest BCUT2D eigenvalue weighted by atomic mass is 9.98.